The maximum atomic E-state index is 5.49. The smallest absolute Gasteiger partial charge is 0.187 e. The van der Waals surface area contributed by atoms with Crippen LogP contribution in [-0.4, -0.2) is 35.3 Å². The molecule has 4 nitrogen and oxygen atoms in total. The summed E-state index contributed by atoms with van der Waals surface area (Å²) in [5, 5.41) is 2.93. The quantitative estimate of drug-likeness (QED) is 0.807. The number of hydrogen-bond acceptors (Lipinski definition) is 3. The standard InChI is InChI=1S/C14H21N3OS/c1-3-4-9-16-11-15-17(14(16)19)10-12-5-7-13(18-2)8-6-12/h5-8,15H,3-4,9-11H2,1-2H3. The molecule has 0 radical (unpaired) electrons. The van der Waals surface area contributed by atoms with Gasteiger partial charge in [0.1, 0.15) is 5.75 Å². The van der Waals surface area contributed by atoms with Crippen LogP contribution in [0.4, 0.5) is 0 Å². The number of hydrazine groups is 1. The van der Waals surface area contributed by atoms with Crippen LogP contribution in [0.2, 0.25) is 0 Å². The summed E-state index contributed by atoms with van der Waals surface area (Å²) in [6, 6.07) is 8.09. The molecule has 1 aliphatic rings. The van der Waals surface area contributed by atoms with Crippen molar-refractivity contribution in [3.8, 4) is 5.75 Å². The van der Waals surface area contributed by atoms with Gasteiger partial charge in [-0.05, 0) is 36.3 Å². The molecule has 1 aromatic rings. The topological polar surface area (TPSA) is 27.7 Å². The maximum absolute atomic E-state index is 5.49. The van der Waals surface area contributed by atoms with E-state index in [0.29, 0.717) is 0 Å². The highest BCUT2D eigenvalue weighted by molar-refractivity contribution is 7.80. The highest BCUT2D eigenvalue weighted by atomic mass is 32.1. The average molecular weight is 279 g/mol. The van der Waals surface area contributed by atoms with E-state index >= 15 is 0 Å². The second-order valence-corrected chi connectivity index (χ2v) is 5.02. The Morgan fingerprint density at radius 3 is 2.68 bits per heavy atom. The summed E-state index contributed by atoms with van der Waals surface area (Å²) in [4.78, 5) is 2.21. The monoisotopic (exact) mass is 279 g/mol. The van der Waals surface area contributed by atoms with Crippen molar-refractivity contribution in [2.24, 2.45) is 0 Å². The fourth-order valence-corrected chi connectivity index (χ4v) is 2.32. The molecule has 1 saturated heterocycles. The van der Waals surface area contributed by atoms with E-state index < -0.39 is 0 Å². The molecule has 1 heterocycles. The Morgan fingerprint density at radius 2 is 2.05 bits per heavy atom. The van der Waals surface area contributed by atoms with Gasteiger partial charge in [-0.3, -0.25) is 5.01 Å². The number of nitrogens with one attached hydrogen (secondary N) is 1. The lowest BCUT2D eigenvalue weighted by molar-refractivity contribution is 0.334. The second-order valence-electron chi connectivity index (χ2n) is 4.65. The summed E-state index contributed by atoms with van der Waals surface area (Å²) >= 11 is 5.49. The van der Waals surface area contributed by atoms with E-state index in [1.54, 1.807) is 7.11 Å². The van der Waals surface area contributed by atoms with E-state index in [4.69, 9.17) is 17.0 Å². The second kappa shape index (κ2) is 6.73. The molecule has 0 bridgehead atoms. The summed E-state index contributed by atoms with van der Waals surface area (Å²) < 4.78 is 5.16. The van der Waals surface area contributed by atoms with Crippen molar-refractivity contribution in [2.45, 2.75) is 26.3 Å². The van der Waals surface area contributed by atoms with Gasteiger partial charge in [0.15, 0.2) is 5.11 Å². The first kappa shape index (κ1) is 14.1. The Labute approximate surface area is 120 Å². The van der Waals surface area contributed by atoms with Crippen LogP contribution < -0.4 is 10.2 Å². The highest BCUT2D eigenvalue weighted by Crippen LogP contribution is 2.15. The zero-order chi connectivity index (χ0) is 13.7. The summed E-state index contributed by atoms with van der Waals surface area (Å²) in [6.07, 6.45) is 2.37. The number of nitrogens with zero attached hydrogens (tertiary/aromatic N) is 2. The molecule has 5 heteroatoms. The lowest BCUT2D eigenvalue weighted by Crippen LogP contribution is -2.34. The molecule has 0 amide bonds. The Balaban J connectivity index is 1.90. The third-order valence-corrected chi connectivity index (χ3v) is 3.71. The van der Waals surface area contributed by atoms with Crippen molar-refractivity contribution in [3.63, 3.8) is 0 Å². The number of rotatable bonds is 6. The van der Waals surface area contributed by atoms with Gasteiger partial charge in [0.25, 0.3) is 0 Å². The fourth-order valence-electron chi connectivity index (χ4n) is 2.04. The van der Waals surface area contributed by atoms with E-state index in [9.17, 15) is 0 Å². The maximum Gasteiger partial charge on any atom is 0.187 e. The molecule has 1 N–H and O–H groups in total. The van der Waals surface area contributed by atoms with Gasteiger partial charge in [-0.2, -0.15) is 0 Å². The molecule has 0 atom stereocenters. The molecule has 2 rings (SSSR count). The molecular formula is C14H21N3OS. The zero-order valence-electron chi connectivity index (χ0n) is 11.6. The van der Waals surface area contributed by atoms with Crippen molar-refractivity contribution in [1.29, 1.82) is 0 Å². The van der Waals surface area contributed by atoms with Crippen LogP contribution in [0.3, 0.4) is 0 Å². The van der Waals surface area contributed by atoms with Gasteiger partial charge in [-0.25, -0.2) is 5.43 Å². The molecule has 1 aliphatic heterocycles. The van der Waals surface area contributed by atoms with E-state index in [2.05, 4.69) is 29.4 Å². The highest BCUT2D eigenvalue weighted by Gasteiger charge is 2.23. The Hall–Kier alpha value is -1.33. The molecule has 0 unspecified atom stereocenters. The average Bonchev–Trinajstić information content (AvgIpc) is 2.78. The fraction of sp³-hybridized carbons (Fsp3) is 0.500. The van der Waals surface area contributed by atoms with E-state index in [0.717, 1.165) is 30.6 Å². The number of methoxy groups -OCH3 is 1. The summed E-state index contributed by atoms with van der Waals surface area (Å²) in [6.45, 7) is 4.82. The number of benzene rings is 1. The van der Waals surface area contributed by atoms with Crippen LogP contribution in [0.1, 0.15) is 25.3 Å². The molecule has 0 spiro atoms. The van der Waals surface area contributed by atoms with Gasteiger partial charge in [-0.15, -0.1) is 0 Å². The Kier molecular flexibility index (Phi) is 4.99. The van der Waals surface area contributed by atoms with Crippen LogP contribution in [0, 0.1) is 0 Å². The number of ether oxygens (including phenoxy) is 1. The van der Waals surface area contributed by atoms with Gasteiger partial charge in [0.2, 0.25) is 0 Å². The predicted molar refractivity (Wildman–Crippen MR) is 80.8 cm³/mol. The first-order valence-electron chi connectivity index (χ1n) is 6.67. The van der Waals surface area contributed by atoms with Gasteiger partial charge < -0.3 is 9.64 Å². The van der Waals surface area contributed by atoms with Gasteiger partial charge in [0, 0.05) is 6.54 Å². The van der Waals surface area contributed by atoms with Crippen LogP contribution >= 0.6 is 12.2 Å². The largest absolute Gasteiger partial charge is 0.497 e. The lowest BCUT2D eigenvalue weighted by atomic mass is 10.2. The molecule has 1 aromatic carbocycles. The zero-order valence-corrected chi connectivity index (χ0v) is 12.4. The van der Waals surface area contributed by atoms with E-state index in [1.807, 2.05) is 17.1 Å². The molecular weight excluding hydrogens is 258 g/mol. The minimum absolute atomic E-state index is 0.783. The van der Waals surface area contributed by atoms with E-state index in [1.165, 1.54) is 18.4 Å². The minimum atomic E-state index is 0.783. The van der Waals surface area contributed by atoms with Gasteiger partial charge in [-0.1, -0.05) is 25.5 Å². The Morgan fingerprint density at radius 1 is 1.32 bits per heavy atom. The van der Waals surface area contributed by atoms with Crippen LogP contribution in [0.15, 0.2) is 24.3 Å². The summed E-state index contributed by atoms with van der Waals surface area (Å²) in [5.41, 5.74) is 4.54. The van der Waals surface area contributed by atoms with Crippen LogP contribution in [0.25, 0.3) is 0 Å². The van der Waals surface area contributed by atoms with Crippen molar-refractivity contribution in [1.82, 2.24) is 15.3 Å². The van der Waals surface area contributed by atoms with Gasteiger partial charge in [0.05, 0.1) is 20.3 Å². The third kappa shape index (κ3) is 3.58. The Bertz CT molecular complexity index is 421. The number of thiocarbonyl (C=S) groups is 1. The predicted octanol–water partition coefficient (Wildman–Crippen LogP) is 2.36. The lowest BCUT2D eigenvalue weighted by Gasteiger charge is -2.20. The van der Waals surface area contributed by atoms with E-state index in [-0.39, 0.29) is 0 Å². The number of hydrogen-bond donors (Lipinski definition) is 1. The first-order valence-corrected chi connectivity index (χ1v) is 7.08. The molecule has 0 aromatic heterocycles. The van der Waals surface area contributed by atoms with Gasteiger partial charge >= 0.3 is 0 Å². The third-order valence-electron chi connectivity index (χ3n) is 3.24. The molecule has 0 saturated carbocycles. The van der Waals surface area contributed by atoms with Crippen LogP contribution in [-0.2, 0) is 6.54 Å². The first-order chi connectivity index (χ1) is 9.24. The summed E-state index contributed by atoms with van der Waals surface area (Å²) in [5.74, 6) is 0.880. The molecule has 19 heavy (non-hydrogen) atoms. The molecule has 104 valence electrons. The minimum Gasteiger partial charge on any atom is -0.497 e. The van der Waals surface area contributed by atoms with Crippen molar-refractivity contribution >= 4 is 17.3 Å². The SMILES string of the molecule is CCCCN1CNN(Cc2ccc(OC)cc2)C1=S. The van der Waals surface area contributed by atoms with Crippen LogP contribution in [0.5, 0.6) is 5.75 Å². The molecule has 1 fully saturated rings. The van der Waals surface area contributed by atoms with Crippen molar-refractivity contribution in [2.75, 3.05) is 20.3 Å². The van der Waals surface area contributed by atoms with Crippen molar-refractivity contribution < 1.29 is 4.74 Å². The van der Waals surface area contributed by atoms with Crippen molar-refractivity contribution in [3.05, 3.63) is 29.8 Å². The molecule has 0 aliphatic carbocycles. The number of unbranched alkanes of at least 4 members (excludes halogenated alkanes) is 1. The summed E-state index contributed by atoms with van der Waals surface area (Å²) in [7, 11) is 1.68. The normalized spacial score (nSPS) is 15.2.